The highest BCUT2D eigenvalue weighted by Gasteiger charge is 2.08. The van der Waals surface area contributed by atoms with Crippen molar-refractivity contribution in [2.45, 2.75) is 46.1 Å². The van der Waals surface area contributed by atoms with E-state index in [1.54, 1.807) is 18.3 Å². The van der Waals surface area contributed by atoms with Crippen LogP contribution in [0.4, 0.5) is 0 Å². The average molecular weight is 236 g/mol. The summed E-state index contributed by atoms with van der Waals surface area (Å²) in [6, 6.07) is 3.47. The van der Waals surface area contributed by atoms with Gasteiger partial charge in [-0.25, -0.2) is 0 Å². The van der Waals surface area contributed by atoms with Crippen molar-refractivity contribution in [3.05, 3.63) is 24.0 Å². The molecule has 0 fully saturated rings. The van der Waals surface area contributed by atoms with Crippen molar-refractivity contribution in [2.75, 3.05) is 13.1 Å². The van der Waals surface area contributed by atoms with E-state index < -0.39 is 0 Å². The quantitative estimate of drug-likeness (QED) is 0.753. The van der Waals surface area contributed by atoms with Crippen LogP contribution < -0.4 is 0 Å². The van der Waals surface area contributed by atoms with Gasteiger partial charge in [-0.05, 0) is 38.1 Å². The minimum Gasteiger partial charge on any atom is -0.506 e. The minimum atomic E-state index is 0.311. The third kappa shape index (κ3) is 5.18. The topological polar surface area (TPSA) is 36.4 Å². The first kappa shape index (κ1) is 14.0. The fourth-order valence-corrected chi connectivity index (χ4v) is 1.80. The van der Waals surface area contributed by atoms with Crippen LogP contribution in [-0.2, 0) is 6.54 Å². The van der Waals surface area contributed by atoms with Gasteiger partial charge in [-0.15, -0.1) is 0 Å². The predicted molar refractivity (Wildman–Crippen MR) is 71.0 cm³/mol. The summed E-state index contributed by atoms with van der Waals surface area (Å²) in [5, 5.41) is 9.72. The highest BCUT2D eigenvalue weighted by Crippen LogP contribution is 2.15. The van der Waals surface area contributed by atoms with Crippen LogP contribution in [0.15, 0.2) is 18.3 Å². The maximum Gasteiger partial charge on any atom is 0.138 e. The first-order valence-electron chi connectivity index (χ1n) is 6.63. The van der Waals surface area contributed by atoms with E-state index in [0.717, 1.165) is 25.3 Å². The number of nitrogens with zero attached hydrogens (tertiary/aromatic N) is 2. The van der Waals surface area contributed by atoms with Crippen LogP contribution in [0.5, 0.6) is 5.75 Å². The number of pyridine rings is 1. The summed E-state index contributed by atoms with van der Waals surface area (Å²) in [7, 11) is 0. The molecule has 0 saturated carbocycles. The number of unbranched alkanes of at least 4 members (excludes halogenated alkanes) is 2. The Morgan fingerprint density at radius 1 is 1.18 bits per heavy atom. The molecule has 1 heterocycles. The standard InChI is InChI=1S/C14H24N2O/c1-3-5-10-16(11-6-4-2)12-13-14(17)8-7-9-15-13/h7-9,17H,3-6,10-12H2,1-2H3. The summed E-state index contributed by atoms with van der Waals surface area (Å²) in [4.78, 5) is 6.63. The highest BCUT2D eigenvalue weighted by atomic mass is 16.3. The molecule has 1 N–H and O–H groups in total. The molecule has 0 amide bonds. The number of aromatic nitrogens is 1. The SMILES string of the molecule is CCCCN(CCCC)Cc1ncccc1O. The lowest BCUT2D eigenvalue weighted by Crippen LogP contribution is -2.26. The van der Waals surface area contributed by atoms with Crippen LogP contribution >= 0.6 is 0 Å². The van der Waals surface area contributed by atoms with Gasteiger partial charge in [0.2, 0.25) is 0 Å². The Morgan fingerprint density at radius 3 is 2.35 bits per heavy atom. The molecule has 96 valence electrons. The predicted octanol–water partition coefficient (Wildman–Crippen LogP) is 3.19. The van der Waals surface area contributed by atoms with E-state index in [1.165, 1.54) is 25.7 Å². The molecule has 1 aromatic rings. The molecular formula is C14H24N2O. The zero-order chi connectivity index (χ0) is 12.5. The maximum absolute atomic E-state index is 9.72. The van der Waals surface area contributed by atoms with E-state index in [0.29, 0.717) is 5.75 Å². The van der Waals surface area contributed by atoms with Crippen LogP contribution in [0.3, 0.4) is 0 Å². The fourth-order valence-electron chi connectivity index (χ4n) is 1.80. The van der Waals surface area contributed by atoms with E-state index in [9.17, 15) is 5.11 Å². The Balaban J connectivity index is 2.55. The van der Waals surface area contributed by atoms with Gasteiger partial charge in [-0.1, -0.05) is 26.7 Å². The third-order valence-corrected chi connectivity index (χ3v) is 2.90. The van der Waals surface area contributed by atoms with Gasteiger partial charge in [0.15, 0.2) is 0 Å². The van der Waals surface area contributed by atoms with Gasteiger partial charge in [-0.3, -0.25) is 9.88 Å². The van der Waals surface area contributed by atoms with Crippen molar-refractivity contribution in [1.29, 1.82) is 0 Å². The van der Waals surface area contributed by atoms with E-state index in [-0.39, 0.29) is 0 Å². The lowest BCUT2D eigenvalue weighted by atomic mass is 10.2. The summed E-state index contributed by atoms with van der Waals surface area (Å²) in [6.07, 6.45) is 6.56. The molecular weight excluding hydrogens is 212 g/mol. The van der Waals surface area contributed by atoms with Gasteiger partial charge < -0.3 is 5.11 Å². The Kier molecular flexibility index (Phi) is 6.63. The van der Waals surface area contributed by atoms with Crippen molar-refractivity contribution in [3.63, 3.8) is 0 Å². The number of aromatic hydroxyl groups is 1. The molecule has 0 aromatic carbocycles. The minimum absolute atomic E-state index is 0.311. The van der Waals surface area contributed by atoms with Crippen LogP contribution in [0.1, 0.15) is 45.2 Å². The van der Waals surface area contributed by atoms with Crippen molar-refractivity contribution >= 4 is 0 Å². The fraction of sp³-hybridized carbons (Fsp3) is 0.643. The van der Waals surface area contributed by atoms with Crippen LogP contribution in [0.2, 0.25) is 0 Å². The summed E-state index contributed by atoms with van der Waals surface area (Å²) in [6.45, 7) is 7.35. The number of hydrogen-bond donors (Lipinski definition) is 1. The first-order valence-corrected chi connectivity index (χ1v) is 6.63. The van der Waals surface area contributed by atoms with Crippen LogP contribution in [0, 0.1) is 0 Å². The third-order valence-electron chi connectivity index (χ3n) is 2.90. The lowest BCUT2D eigenvalue weighted by molar-refractivity contribution is 0.250. The molecule has 0 aliphatic carbocycles. The monoisotopic (exact) mass is 236 g/mol. The molecule has 0 radical (unpaired) electrons. The smallest absolute Gasteiger partial charge is 0.138 e. The van der Waals surface area contributed by atoms with Crippen LogP contribution in [0.25, 0.3) is 0 Å². The Labute approximate surface area is 104 Å². The summed E-state index contributed by atoms with van der Waals surface area (Å²) < 4.78 is 0. The molecule has 0 aliphatic heterocycles. The molecule has 0 aliphatic rings. The number of hydrogen-bond acceptors (Lipinski definition) is 3. The molecule has 0 bridgehead atoms. The summed E-state index contributed by atoms with van der Waals surface area (Å²) in [5.41, 5.74) is 0.791. The van der Waals surface area contributed by atoms with Gasteiger partial charge in [0.05, 0.1) is 5.69 Å². The normalized spacial score (nSPS) is 11.0. The molecule has 0 saturated heterocycles. The zero-order valence-corrected chi connectivity index (χ0v) is 11.0. The van der Waals surface area contributed by atoms with Crippen molar-refractivity contribution in [1.82, 2.24) is 9.88 Å². The zero-order valence-electron chi connectivity index (χ0n) is 11.0. The molecule has 3 nitrogen and oxygen atoms in total. The van der Waals surface area contributed by atoms with Gasteiger partial charge in [0.25, 0.3) is 0 Å². The maximum atomic E-state index is 9.72. The average Bonchev–Trinajstić information content (AvgIpc) is 2.35. The van der Waals surface area contributed by atoms with Gasteiger partial charge >= 0.3 is 0 Å². The molecule has 0 atom stereocenters. The second-order valence-electron chi connectivity index (χ2n) is 4.45. The van der Waals surface area contributed by atoms with E-state index >= 15 is 0 Å². The largest absolute Gasteiger partial charge is 0.506 e. The Morgan fingerprint density at radius 2 is 1.82 bits per heavy atom. The molecule has 3 heteroatoms. The summed E-state index contributed by atoms with van der Waals surface area (Å²) >= 11 is 0. The highest BCUT2D eigenvalue weighted by molar-refractivity contribution is 5.24. The van der Waals surface area contributed by atoms with Gasteiger partial charge in [0, 0.05) is 12.7 Å². The van der Waals surface area contributed by atoms with E-state index in [2.05, 4.69) is 23.7 Å². The molecule has 0 spiro atoms. The van der Waals surface area contributed by atoms with E-state index in [4.69, 9.17) is 0 Å². The first-order chi connectivity index (χ1) is 8.27. The van der Waals surface area contributed by atoms with Crippen molar-refractivity contribution < 1.29 is 5.11 Å². The molecule has 1 rings (SSSR count). The van der Waals surface area contributed by atoms with E-state index in [1.807, 2.05) is 0 Å². The Hall–Kier alpha value is -1.09. The second kappa shape index (κ2) is 8.07. The molecule has 0 unspecified atom stereocenters. The van der Waals surface area contributed by atoms with Gasteiger partial charge in [-0.2, -0.15) is 0 Å². The summed E-state index contributed by atoms with van der Waals surface area (Å²) in [5.74, 6) is 0.311. The second-order valence-corrected chi connectivity index (χ2v) is 4.45. The van der Waals surface area contributed by atoms with Crippen molar-refractivity contribution in [3.8, 4) is 5.75 Å². The van der Waals surface area contributed by atoms with Crippen molar-refractivity contribution in [2.24, 2.45) is 0 Å². The number of rotatable bonds is 8. The van der Waals surface area contributed by atoms with Crippen LogP contribution in [-0.4, -0.2) is 28.1 Å². The van der Waals surface area contributed by atoms with Gasteiger partial charge in [0.1, 0.15) is 5.75 Å². The Bertz CT molecular complexity index is 307. The molecule has 1 aromatic heterocycles. The molecule has 17 heavy (non-hydrogen) atoms. The lowest BCUT2D eigenvalue weighted by Gasteiger charge is -2.21.